The number of esters is 1. The smallest absolute Gasteiger partial charge is 0.338 e. The van der Waals surface area contributed by atoms with Crippen LogP contribution in [-0.4, -0.2) is 39.0 Å². The summed E-state index contributed by atoms with van der Waals surface area (Å²) in [6.45, 7) is 8.47. The van der Waals surface area contributed by atoms with Crippen LogP contribution in [0.2, 0.25) is 0 Å². The second-order valence-corrected chi connectivity index (χ2v) is 8.34. The third kappa shape index (κ3) is 5.37. The molecule has 0 aliphatic carbocycles. The Hall–Kier alpha value is -2.91. The third-order valence-corrected chi connectivity index (χ3v) is 5.86. The van der Waals surface area contributed by atoms with Gasteiger partial charge >= 0.3 is 5.97 Å². The van der Waals surface area contributed by atoms with E-state index in [4.69, 9.17) is 4.74 Å². The van der Waals surface area contributed by atoms with Crippen molar-refractivity contribution >= 4 is 40.7 Å². The summed E-state index contributed by atoms with van der Waals surface area (Å²) >= 11 is 2.96. The number of amides is 1. The maximum absolute atomic E-state index is 12.4. The molecule has 156 valence electrons. The molecular weight excluding hydrogens is 420 g/mol. The van der Waals surface area contributed by atoms with Crippen LogP contribution in [0.4, 0.5) is 5.69 Å². The maximum atomic E-state index is 12.4. The zero-order chi connectivity index (χ0) is 21.5. The highest BCUT2D eigenvalue weighted by Gasteiger charge is 2.16. The predicted octanol–water partition coefficient (Wildman–Crippen LogP) is 4.41. The van der Waals surface area contributed by atoms with Crippen LogP contribution in [0.3, 0.4) is 0 Å². The molecule has 0 aliphatic heterocycles. The zero-order valence-corrected chi connectivity index (χ0v) is 18.4. The van der Waals surface area contributed by atoms with Crippen molar-refractivity contribution in [2.75, 3.05) is 17.7 Å². The minimum Gasteiger partial charge on any atom is -0.462 e. The number of ether oxygens (including phenoxy) is 1. The number of aromatic nitrogens is 3. The average Bonchev–Trinajstić information content (AvgIpc) is 3.33. The van der Waals surface area contributed by atoms with Gasteiger partial charge in [0, 0.05) is 28.1 Å². The molecule has 3 aromatic rings. The topological polar surface area (TPSA) is 86.1 Å². The Morgan fingerprint density at radius 2 is 2.07 bits per heavy atom. The fourth-order valence-corrected chi connectivity index (χ4v) is 4.12. The van der Waals surface area contributed by atoms with Gasteiger partial charge in [0.05, 0.1) is 17.9 Å². The Bertz CT molecular complexity index is 1040. The van der Waals surface area contributed by atoms with Crippen LogP contribution in [0.15, 0.2) is 53.5 Å². The van der Waals surface area contributed by atoms with Crippen molar-refractivity contribution in [2.24, 2.45) is 0 Å². The zero-order valence-electron chi connectivity index (χ0n) is 16.8. The number of hydrogen-bond acceptors (Lipinski definition) is 7. The van der Waals surface area contributed by atoms with Gasteiger partial charge in [0.25, 0.3) is 0 Å². The van der Waals surface area contributed by atoms with Gasteiger partial charge in [-0.3, -0.25) is 9.36 Å². The molecule has 9 heteroatoms. The van der Waals surface area contributed by atoms with Gasteiger partial charge in [-0.25, -0.2) is 4.79 Å². The van der Waals surface area contributed by atoms with Crippen LogP contribution in [0, 0.1) is 6.92 Å². The van der Waals surface area contributed by atoms with Crippen LogP contribution in [0.5, 0.6) is 0 Å². The normalized spacial score (nSPS) is 10.6. The molecule has 0 fully saturated rings. The lowest BCUT2D eigenvalue weighted by molar-refractivity contribution is -0.113. The van der Waals surface area contributed by atoms with Crippen molar-refractivity contribution < 1.29 is 14.3 Å². The largest absolute Gasteiger partial charge is 0.462 e. The molecule has 7 nitrogen and oxygen atoms in total. The van der Waals surface area contributed by atoms with Crippen molar-refractivity contribution in [3.05, 3.63) is 58.8 Å². The number of aryl methyl sites for hydroxylation is 1. The summed E-state index contributed by atoms with van der Waals surface area (Å²) < 4.78 is 6.90. The number of thioether (sulfide) groups is 1. The molecule has 2 heterocycles. The van der Waals surface area contributed by atoms with Gasteiger partial charge in [0.15, 0.2) is 11.0 Å². The summed E-state index contributed by atoms with van der Waals surface area (Å²) in [6, 6.07) is 8.65. The molecule has 0 radical (unpaired) electrons. The van der Waals surface area contributed by atoms with E-state index >= 15 is 0 Å². The van der Waals surface area contributed by atoms with Crippen molar-refractivity contribution in [1.82, 2.24) is 14.8 Å². The minimum absolute atomic E-state index is 0.176. The number of thiophene rings is 1. The first-order chi connectivity index (χ1) is 14.5. The molecule has 0 unspecified atom stereocenters. The van der Waals surface area contributed by atoms with Gasteiger partial charge in [-0.1, -0.05) is 17.8 Å². The highest BCUT2D eigenvalue weighted by Crippen LogP contribution is 2.27. The number of anilines is 1. The molecular formula is C21H22N4O3S2. The van der Waals surface area contributed by atoms with Crippen molar-refractivity contribution in [2.45, 2.75) is 25.5 Å². The lowest BCUT2D eigenvalue weighted by Crippen LogP contribution is -2.15. The van der Waals surface area contributed by atoms with E-state index < -0.39 is 0 Å². The van der Waals surface area contributed by atoms with Gasteiger partial charge in [-0.2, -0.15) is 0 Å². The second kappa shape index (κ2) is 10.2. The Labute approximate surface area is 183 Å². The number of carbonyl (C=O) groups excluding carboxylic acids is 2. The lowest BCUT2D eigenvalue weighted by atomic mass is 10.2. The Balaban J connectivity index is 1.62. The molecule has 0 spiro atoms. The average molecular weight is 443 g/mol. The summed E-state index contributed by atoms with van der Waals surface area (Å²) in [7, 11) is 0. The summed E-state index contributed by atoms with van der Waals surface area (Å²) in [5.41, 5.74) is 2.05. The molecule has 1 N–H and O–H groups in total. The van der Waals surface area contributed by atoms with Crippen molar-refractivity contribution in [1.29, 1.82) is 0 Å². The van der Waals surface area contributed by atoms with Gasteiger partial charge < -0.3 is 10.1 Å². The van der Waals surface area contributed by atoms with Crippen molar-refractivity contribution in [3.8, 4) is 11.4 Å². The fraction of sp³-hybridized carbons (Fsp3) is 0.238. The number of rotatable bonds is 9. The summed E-state index contributed by atoms with van der Waals surface area (Å²) in [5.74, 6) is 0.378. The standard InChI is InChI=1S/C21H22N4O3S2/c1-4-10-25-19(16-11-14(3)29-12-16)23-24-21(25)30-13-18(26)22-17-8-6-15(7-9-17)20(27)28-5-2/h4,6-9,11-12H,1,5,10,13H2,2-3H3,(H,22,26). The van der Waals surface area contributed by atoms with Crippen LogP contribution in [-0.2, 0) is 16.1 Å². The first kappa shape index (κ1) is 21.8. The Kier molecular flexibility index (Phi) is 7.42. The molecule has 0 bridgehead atoms. The van der Waals surface area contributed by atoms with E-state index in [1.807, 2.05) is 16.9 Å². The molecule has 3 rings (SSSR count). The van der Waals surface area contributed by atoms with Crippen LogP contribution < -0.4 is 5.32 Å². The van der Waals surface area contributed by atoms with E-state index in [9.17, 15) is 9.59 Å². The fourth-order valence-electron chi connectivity index (χ4n) is 2.69. The lowest BCUT2D eigenvalue weighted by Gasteiger charge is -2.08. The summed E-state index contributed by atoms with van der Waals surface area (Å²) in [4.78, 5) is 25.2. The summed E-state index contributed by atoms with van der Waals surface area (Å²) in [6.07, 6.45) is 1.78. The van der Waals surface area contributed by atoms with Crippen molar-refractivity contribution in [3.63, 3.8) is 0 Å². The quantitative estimate of drug-likeness (QED) is 0.300. The van der Waals surface area contributed by atoms with E-state index in [-0.39, 0.29) is 17.6 Å². The third-order valence-electron chi connectivity index (χ3n) is 4.03. The highest BCUT2D eigenvalue weighted by atomic mass is 32.2. The predicted molar refractivity (Wildman–Crippen MR) is 120 cm³/mol. The second-order valence-electron chi connectivity index (χ2n) is 6.29. The summed E-state index contributed by atoms with van der Waals surface area (Å²) in [5, 5.41) is 14.1. The minimum atomic E-state index is -0.385. The Morgan fingerprint density at radius 3 is 2.70 bits per heavy atom. The van der Waals surface area contributed by atoms with E-state index in [2.05, 4.69) is 28.2 Å². The molecule has 1 aromatic carbocycles. The van der Waals surface area contributed by atoms with E-state index in [1.54, 1.807) is 48.6 Å². The van der Waals surface area contributed by atoms with Gasteiger partial charge in [-0.15, -0.1) is 28.1 Å². The number of allylic oxidation sites excluding steroid dienone is 1. The Morgan fingerprint density at radius 1 is 1.30 bits per heavy atom. The monoisotopic (exact) mass is 442 g/mol. The van der Waals surface area contributed by atoms with E-state index in [1.165, 1.54) is 16.6 Å². The molecule has 0 saturated heterocycles. The number of carbonyl (C=O) groups is 2. The number of nitrogens with one attached hydrogen (secondary N) is 1. The molecule has 0 saturated carbocycles. The number of benzene rings is 1. The number of hydrogen-bond donors (Lipinski definition) is 1. The first-order valence-electron chi connectivity index (χ1n) is 9.31. The molecule has 0 aliphatic rings. The van der Waals surface area contributed by atoms with Gasteiger partial charge in [-0.05, 0) is 44.2 Å². The van der Waals surface area contributed by atoms with Gasteiger partial charge in [0.1, 0.15) is 0 Å². The molecule has 30 heavy (non-hydrogen) atoms. The first-order valence-corrected chi connectivity index (χ1v) is 11.2. The van der Waals surface area contributed by atoms with Crippen LogP contribution >= 0.6 is 23.1 Å². The molecule has 0 atom stereocenters. The SMILES string of the molecule is C=CCn1c(SCC(=O)Nc2ccc(C(=O)OCC)cc2)nnc1-c1csc(C)c1. The van der Waals surface area contributed by atoms with Gasteiger partial charge in [0.2, 0.25) is 5.91 Å². The van der Waals surface area contributed by atoms with E-state index in [0.29, 0.717) is 29.6 Å². The van der Waals surface area contributed by atoms with E-state index in [0.717, 1.165) is 11.4 Å². The maximum Gasteiger partial charge on any atom is 0.338 e. The van der Waals surface area contributed by atoms with Crippen LogP contribution in [0.1, 0.15) is 22.2 Å². The molecule has 2 aromatic heterocycles. The van der Waals surface area contributed by atoms with Crippen LogP contribution in [0.25, 0.3) is 11.4 Å². The number of nitrogens with zero attached hydrogens (tertiary/aromatic N) is 3. The molecule has 1 amide bonds. The highest BCUT2D eigenvalue weighted by molar-refractivity contribution is 7.99.